The van der Waals surface area contributed by atoms with E-state index >= 15 is 0 Å². The summed E-state index contributed by atoms with van der Waals surface area (Å²) in [5.74, 6) is -2.91. The lowest BCUT2D eigenvalue weighted by molar-refractivity contribution is -0.150. The monoisotopic (exact) mass is 549 g/mol. The first kappa shape index (κ1) is 25.2. The quantitative estimate of drug-likeness (QED) is 0.0761. The third kappa shape index (κ3) is 4.35. The summed E-state index contributed by atoms with van der Waals surface area (Å²) >= 11 is 2.28. The Morgan fingerprint density at radius 2 is 2.11 bits per heavy atom. The zero-order valence-electron chi connectivity index (χ0n) is 19.2. The number of carboxylic acid groups (broad SMARTS) is 1. The highest BCUT2D eigenvalue weighted by molar-refractivity contribution is 8.00. The molecule has 0 bridgehead atoms. The van der Waals surface area contributed by atoms with Gasteiger partial charge in [0.15, 0.2) is 10.8 Å². The van der Waals surface area contributed by atoms with Crippen LogP contribution in [0, 0.1) is 0 Å². The summed E-state index contributed by atoms with van der Waals surface area (Å²) < 4.78 is 0. The van der Waals surface area contributed by atoms with Crippen LogP contribution in [0.3, 0.4) is 0 Å². The molecule has 14 nitrogen and oxygen atoms in total. The van der Waals surface area contributed by atoms with Crippen LogP contribution >= 0.6 is 23.1 Å². The molecule has 4 aliphatic heterocycles. The van der Waals surface area contributed by atoms with Gasteiger partial charge in [0, 0.05) is 36.3 Å². The van der Waals surface area contributed by atoms with Crippen molar-refractivity contribution in [3.63, 3.8) is 0 Å². The van der Waals surface area contributed by atoms with Gasteiger partial charge >= 0.3 is 5.97 Å². The Balaban J connectivity index is 1.33. The molecule has 1 aromatic rings. The fourth-order valence-corrected chi connectivity index (χ4v) is 6.69. The predicted molar refractivity (Wildman–Crippen MR) is 132 cm³/mol. The summed E-state index contributed by atoms with van der Waals surface area (Å²) in [5, 5.41) is 38.7. The van der Waals surface area contributed by atoms with E-state index < -0.39 is 41.0 Å². The number of oxime groups is 1. The average Bonchev–Trinajstić information content (AvgIpc) is 3.58. The highest BCUT2D eigenvalue weighted by Gasteiger charge is 2.54. The summed E-state index contributed by atoms with van der Waals surface area (Å²) in [7, 11) is 0. The molecule has 1 aromatic heterocycles. The number of fused-ring (bicyclic) bond motifs is 1. The van der Waals surface area contributed by atoms with Gasteiger partial charge in [-0.2, -0.15) is 0 Å². The van der Waals surface area contributed by atoms with Crippen molar-refractivity contribution in [2.24, 2.45) is 5.16 Å². The van der Waals surface area contributed by atoms with Gasteiger partial charge in [-0.25, -0.2) is 9.78 Å². The van der Waals surface area contributed by atoms with Crippen LogP contribution in [-0.4, -0.2) is 109 Å². The molecule has 4 aliphatic rings. The van der Waals surface area contributed by atoms with Gasteiger partial charge in [0.2, 0.25) is 5.91 Å². The fourth-order valence-electron chi connectivity index (χ4n) is 4.84. The number of β-lactam (4-membered cyclic amide) rings is 1. The zero-order valence-corrected chi connectivity index (χ0v) is 20.8. The summed E-state index contributed by atoms with van der Waals surface area (Å²) in [5.41, 5.74) is 5.66. The van der Waals surface area contributed by atoms with Crippen molar-refractivity contribution in [1.82, 2.24) is 25.4 Å². The highest BCUT2D eigenvalue weighted by atomic mass is 32.2. The maximum Gasteiger partial charge on any atom is 0.352 e. The molecule has 7 N–H and O–H groups in total. The molecule has 3 saturated heterocycles. The van der Waals surface area contributed by atoms with Crippen LogP contribution in [-0.2, 0) is 19.2 Å². The van der Waals surface area contributed by atoms with Crippen molar-refractivity contribution in [3.05, 3.63) is 34.0 Å². The molecule has 0 radical (unpaired) electrons. The van der Waals surface area contributed by atoms with Crippen LogP contribution in [0.1, 0.15) is 12.1 Å². The highest BCUT2D eigenvalue weighted by Crippen LogP contribution is 2.41. The number of aliphatic hydroxyl groups is 1. The molecule has 196 valence electrons. The van der Waals surface area contributed by atoms with Crippen LogP contribution in [0.5, 0.6) is 0 Å². The number of likely N-dealkylation sites (tertiary alicyclic amines) is 1. The van der Waals surface area contributed by atoms with E-state index in [1.807, 2.05) is 0 Å². The van der Waals surface area contributed by atoms with E-state index in [4.69, 9.17) is 5.73 Å². The van der Waals surface area contributed by atoms with Gasteiger partial charge in [-0.15, -0.1) is 23.1 Å². The van der Waals surface area contributed by atoms with Crippen molar-refractivity contribution in [1.29, 1.82) is 0 Å². The van der Waals surface area contributed by atoms with Crippen LogP contribution in [0.25, 0.3) is 0 Å². The van der Waals surface area contributed by atoms with E-state index in [-0.39, 0.29) is 34.2 Å². The number of nitrogen functional groups attached to an aromatic ring is 1. The Bertz CT molecular complexity index is 1280. The largest absolute Gasteiger partial charge is 0.477 e. The second-order valence-electron chi connectivity index (χ2n) is 8.77. The number of β-amino-alcohol motifs (C(OH)–C–C–N with tert-alkyl or cyclic N) is 1. The van der Waals surface area contributed by atoms with E-state index in [0.717, 1.165) is 16.2 Å². The van der Waals surface area contributed by atoms with Gasteiger partial charge in [0.1, 0.15) is 22.8 Å². The van der Waals surface area contributed by atoms with E-state index in [1.165, 1.54) is 23.2 Å². The summed E-state index contributed by atoms with van der Waals surface area (Å²) in [6.07, 6.45) is 1.24. The number of nitrogens with two attached hydrogens (primary N) is 1. The smallest absolute Gasteiger partial charge is 0.352 e. The maximum absolute atomic E-state index is 13.0. The third-order valence-corrected chi connectivity index (χ3v) is 8.60. The molecule has 3 fully saturated rings. The van der Waals surface area contributed by atoms with Gasteiger partial charge in [-0.05, 0) is 18.1 Å². The molecule has 0 saturated carbocycles. The number of rotatable bonds is 6. The number of aliphatic carboxylic acids is 1. The number of amides is 3. The van der Waals surface area contributed by atoms with Crippen LogP contribution in [0.4, 0.5) is 5.13 Å². The molecule has 3 amide bonds. The first-order valence-electron chi connectivity index (χ1n) is 11.3. The molecule has 37 heavy (non-hydrogen) atoms. The van der Waals surface area contributed by atoms with Crippen LogP contribution in [0.15, 0.2) is 33.5 Å². The van der Waals surface area contributed by atoms with Gasteiger partial charge in [0.05, 0.1) is 12.1 Å². The minimum atomic E-state index is -1.33. The number of allylic oxidation sites excluding steroid dienone is 1. The standard InChI is InChI=1S/C21H23N7O7S2/c22-21-24-10(7-37-21)13(26-35)16(30)25-14-18(32)28-15(20(33)34)9(6-36-19(14)28)3-8-1-2-27(17(8)31)11-4-23-5-12(11)29/h3,7,11-12,14,19,23,29,35H,1-2,4-6H2,(H2,22,24)(H,25,30)(H,33,34)/b8-3+,26-13-/t11?,12?,14-,19-/m1/s1. The van der Waals surface area contributed by atoms with E-state index in [2.05, 4.69) is 20.8 Å². The number of hydrogen-bond donors (Lipinski definition) is 6. The number of aromatic nitrogens is 1. The van der Waals surface area contributed by atoms with E-state index in [1.54, 1.807) is 4.90 Å². The fraction of sp³-hybridized carbons (Fsp3) is 0.429. The van der Waals surface area contributed by atoms with Crippen molar-refractivity contribution in [2.75, 3.05) is 31.1 Å². The van der Waals surface area contributed by atoms with Crippen LogP contribution in [0.2, 0.25) is 0 Å². The van der Waals surface area contributed by atoms with Crippen molar-refractivity contribution in [2.45, 2.75) is 30.0 Å². The molecular weight excluding hydrogens is 526 g/mol. The SMILES string of the molecule is Nc1nc(/C(=N/O)C(=O)N[C@@H]2C(=O)N3C(C(=O)O)=C(/C=C4\CCN(C5CNCC5O)C4=O)CS[C@H]23)cs1. The second-order valence-corrected chi connectivity index (χ2v) is 10.8. The minimum absolute atomic E-state index is 0.0404. The molecule has 2 unspecified atom stereocenters. The number of aliphatic hydroxyl groups excluding tert-OH is 1. The van der Waals surface area contributed by atoms with Crippen LogP contribution < -0.4 is 16.4 Å². The zero-order chi connectivity index (χ0) is 26.4. The average molecular weight is 550 g/mol. The molecule has 0 aromatic carbocycles. The molecule has 16 heteroatoms. The number of thiazole rings is 1. The molecule has 5 heterocycles. The van der Waals surface area contributed by atoms with E-state index in [9.17, 15) is 34.6 Å². The molecule has 5 rings (SSSR count). The Morgan fingerprint density at radius 3 is 2.73 bits per heavy atom. The topological polar surface area (TPSA) is 211 Å². The molecule has 0 spiro atoms. The van der Waals surface area contributed by atoms with Crippen molar-refractivity contribution >= 4 is 57.6 Å². The number of nitrogens with zero attached hydrogens (tertiary/aromatic N) is 4. The molecular formula is C21H23N7O7S2. The first-order chi connectivity index (χ1) is 17.7. The summed E-state index contributed by atoms with van der Waals surface area (Å²) in [6, 6.07) is -1.39. The van der Waals surface area contributed by atoms with Gasteiger partial charge in [-0.1, -0.05) is 5.16 Å². The number of carboxylic acids is 1. The first-order valence-corrected chi connectivity index (χ1v) is 13.2. The Hall–Kier alpha value is -3.47. The number of nitrogens with one attached hydrogen (secondary N) is 2. The lowest BCUT2D eigenvalue weighted by Gasteiger charge is -2.49. The van der Waals surface area contributed by atoms with Gasteiger partial charge in [0.25, 0.3) is 11.8 Å². The number of carbonyl (C=O) groups is 4. The predicted octanol–water partition coefficient (Wildman–Crippen LogP) is -1.87. The normalized spacial score (nSPS) is 29.1. The van der Waals surface area contributed by atoms with Gasteiger partial charge < -0.3 is 36.7 Å². The van der Waals surface area contributed by atoms with Crippen molar-refractivity contribution in [3.8, 4) is 0 Å². The number of carbonyl (C=O) groups excluding carboxylic acids is 3. The summed E-state index contributed by atoms with van der Waals surface area (Å²) in [4.78, 5) is 57.3. The van der Waals surface area contributed by atoms with Gasteiger partial charge in [-0.3, -0.25) is 19.3 Å². The third-order valence-electron chi connectivity index (χ3n) is 6.62. The lowest BCUT2D eigenvalue weighted by atomic mass is 10.0. The molecule has 0 aliphatic carbocycles. The maximum atomic E-state index is 13.0. The minimum Gasteiger partial charge on any atom is -0.477 e. The number of thioether (sulfide) groups is 1. The lowest BCUT2D eigenvalue weighted by Crippen LogP contribution is -2.71. The molecule has 4 atom stereocenters. The summed E-state index contributed by atoms with van der Waals surface area (Å²) in [6.45, 7) is 1.29. The second kappa shape index (κ2) is 9.77. The Kier molecular flexibility index (Phi) is 6.65. The number of hydrogen-bond acceptors (Lipinski definition) is 12. The van der Waals surface area contributed by atoms with E-state index in [0.29, 0.717) is 37.2 Å². The Labute approximate surface area is 217 Å². The Morgan fingerprint density at radius 1 is 1.32 bits per heavy atom. The van der Waals surface area contributed by atoms with Crippen molar-refractivity contribution < 1.29 is 34.6 Å². The number of anilines is 1.